The molecule has 1 amide bonds. The van der Waals surface area contributed by atoms with Crippen LogP contribution in [0, 0.1) is 5.92 Å². The van der Waals surface area contributed by atoms with E-state index in [-0.39, 0.29) is 5.91 Å². The third-order valence-corrected chi connectivity index (χ3v) is 5.08. The number of thioether (sulfide) groups is 1. The van der Waals surface area contributed by atoms with E-state index in [1.807, 2.05) is 0 Å². The highest BCUT2D eigenvalue weighted by molar-refractivity contribution is 7.99. The van der Waals surface area contributed by atoms with Crippen molar-refractivity contribution in [2.75, 3.05) is 11.1 Å². The van der Waals surface area contributed by atoms with Gasteiger partial charge in [-0.3, -0.25) is 9.89 Å². The molecule has 0 saturated heterocycles. The summed E-state index contributed by atoms with van der Waals surface area (Å²) in [4.78, 5) is 21.7. The number of carbonyl (C=O) groups excluding carboxylic acids is 1. The van der Waals surface area contributed by atoms with E-state index >= 15 is 0 Å². The van der Waals surface area contributed by atoms with Gasteiger partial charge in [-0.2, -0.15) is 5.10 Å². The standard InChI is InChI=1S/C12H15N5OS2/c1-7-2-3-8-9(4-7)20-12(15-8)16-10(18)5-19-11-13-6-14-17-11/h6-7H,2-5H2,1H3,(H,13,14,17)(H,15,16,18). The summed E-state index contributed by atoms with van der Waals surface area (Å²) in [6.45, 7) is 2.26. The number of anilines is 1. The van der Waals surface area contributed by atoms with Crippen molar-refractivity contribution in [3.63, 3.8) is 0 Å². The highest BCUT2D eigenvalue weighted by Gasteiger charge is 2.20. The normalized spacial score (nSPS) is 17.8. The minimum atomic E-state index is -0.0643. The molecule has 3 rings (SSSR count). The van der Waals surface area contributed by atoms with Crippen LogP contribution in [0.25, 0.3) is 0 Å². The Hall–Kier alpha value is -1.41. The van der Waals surface area contributed by atoms with Gasteiger partial charge >= 0.3 is 0 Å². The van der Waals surface area contributed by atoms with Gasteiger partial charge in [0, 0.05) is 4.88 Å². The van der Waals surface area contributed by atoms with E-state index in [2.05, 4.69) is 32.4 Å². The average molecular weight is 309 g/mol. The fourth-order valence-electron chi connectivity index (χ4n) is 2.15. The third-order valence-electron chi connectivity index (χ3n) is 3.17. The fourth-order valence-corrected chi connectivity index (χ4v) is 3.91. The smallest absolute Gasteiger partial charge is 0.236 e. The summed E-state index contributed by atoms with van der Waals surface area (Å²) in [6, 6.07) is 0. The lowest BCUT2D eigenvalue weighted by atomic mass is 9.93. The molecule has 2 heterocycles. The lowest BCUT2D eigenvalue weighted by Crippen LogP contribution is -2.14. The summed E-state index contributed by atoms with van der Waals surface area (Å²) in [6.07, 6.45) is 4.72. The molecule has 0 aliphatic heterocycles. The number of hydrogen-bond acceptors (Lipinski definition) is 6. The van der Waals surface area contributed by atoms with Crippen molar-refractivity contribution in [3.05, 3.63) is 16.9 Å². The van der Waals surface area contributed by atoms with Gasteiger partial charge < -0.3 is 5.32 Å². The Morgan fingerprint density at radius 3 is 3.35 bits per heavy atom. The number of aryl methyl sites for hydroxylation is 1. The van der Waals surface area contributed by atoms with Gasteiger partial charge in [-0.05, 0) is 25.2 Å². The third kappa shape index (κ3) is 3.18. The molecule has 0 spiro atoms. The number of nitrogens with one attached hydrogen (secondary N) is 2. The van der Waals surface area contributed by atoms with Crippen molar-refractivity contribution in [3.8, 4) is 0 Å². The summed E-state index contributed by atoms with van der Waals surface area (Å²) < 4.78 is 0. The Balaban J connectivity index is 1.56. The van der Waals surface area contributed by atoms with Crippen LogP contribution in [0.3, 0.4) is 0 Å². The zero-order chi connectivity index (χ0) is 13.9. The molecule has 8 heteroatoms. The molecule has 6 nitrogen and oxygen atoms in total. The highest BCUT2D eigenvalue weighted by atomic mass is 32.2. The Morgan fingerprint density at radius 2 is 2.55 bits per heavy atom. The minimum absolute atomic E-state index is 0.0643. The van der Waals surface area contributed by atoms with E-state index in [9.17, 15) is 4.79 Å². The van der Waals surface area contributed by atoms with Crippen LogP contribution in [0.2, 0.25) is 0 Å². The number of nitrogens with zero attached hydrogens (tertiary/aromatic N) is 3. The van der Waals surface area contributed by atoms with Crippen LogP contribution in [0.1, 0.15) is 23.9 Å². The molecule has 0 aromatic carbocycles. The maximum Gasteiger partial charge on any atom is 0.236 e. The summed E-state index contributed by atoms with van der Waals surface area (Å²) in [5.74, 6) is 0.953. The monoisotopic (exact) mass is 309 g/mol. The fraction of sp³-hybridized carbons (Fsp3) is 0.500. The largest absolute Gasteiger partial charge is 0.301 e. The summed E-state index contributed by atoms with van der Waals surface area (Å²) in [5.41, 5.74) is 1.16. The van der Waals surface area contributed by atoms with E-state index < -0.39 is 0 Å². The van der Waals surface area contributed by atoms with E-state index in [0.717, 1.165) is 18.5 Å². The zero-order valence-electron chi connectivity index (χ0n) is 11.0. The number of fused-ring (bicyclic) bond motifs is 1. The number of hydrogen-bond donors (Lipinski definition) is 2. The van der Waals surface area contributed by atoms with Crippen molar-refractivity contribution < 1.29 is 4.79 Å². The first-order chi connectivity index (χ1) is 9.70. The topological polar surface area (TPSA) is 83.6 Å². The van der Waals surface area contributed by atoms with Gasteiger partial charge in [0.2, 0.25) is 5.91 Å². The van der Waals surface area contributed by atoms with Gasteiger partial charge in [0.05, 0.1) is 11.4 Å². The number of aromatic amines is 1. The Bertz CT molecular complexity index is 595. The first-order valence-corrected chi connectivity index (χ1v) is 8.27. The Labute approximate surface area is 124 Å². The van der Waals surface area contributed by atoms with Crippen molar-refractivity contribution >= 4 is 34.1 Å². The molecule has 2 N–H and O–H groups in total. The first-order valence-electron chi connectivity index (χ1n) is 6.47. The van der Waals surface area contributed by atoms with Crippen LogP contribution >= 0.6 is 23.1 Å². The molecule has 1 aliphatic rings. The predicted molar refractivity (Wildman–Crippen MR) is 79.0 cm³/mol. The molecular weight excluding hydrogens is 294 g/mol. The Morgan fingerprint density at radius 1 is 1.65 bits per heavy atom. The SMILES string of the molecule is CC1CCc2nc(NC(=O)CSc3ncn[nH]3)sc2C1. The van der Waals surface area contributed by atoms with Crippen molar-refractivity contribution in [1.82, 2.24) is 20.2 Å². The molecule has 106 valence electrons. The second-order valence-electron chi connectivity index (χ2n) is 4.86. The second kappa shape index (κ2) is 5.92. The summed E-state index contributed by atoms with van der Waals surface area (Å²) in [5, 5.41) is 10.7. The number of aromatic nitrogens is 4. The van der Waals surface area contributed by atoms with Crippen molar-refractivity contribution in [2.45, 2.75) is 31.3 Å². The lowest BCUT2D eigenvalue weighted by molar-refractivity contribution is -0.113. The molecule has 1 unspecified atom stereocenters. The van der Waals surface area contributed by atoms with Crippen molar-refractivity contribution in [1.29, 1.82) is 0 Å². The van der Waals surface area contributed by atoms with Gasteiger partial charge in [0.15, 0.2) is 10.3 Å². The van der Waals surface area contributed by atoms with Crippen LogP contribution in [0.15, 0.2) is 11.5 Å². The molecule has 2 aromatic heterocycles. The minimum Gasteiger partial charge on any atom is -0.301 e. The van der Waals surface area contributed by atoms with Crippen LogP contribution in [-0.2, 0) is 17.6 Å². The number of thiazole rings is 1. The molecule has 20 heavy (non-hydrogen) atoms. The zero-order valence-corrected chi connectivity index (χ0v) is 12.7. The maximum absolute atomic E-state index is 11.9. The number of amides is 1. The quantitative estimate of drug-likeness (QED) is 0.845. The van der Waals surface area contributed by atoms with Gasteiger partial charge in [0.1, 0.15) is 6.33 Å². The van der Waals surface area contributed by atoms with E-state index in [4.69, 9.17) is 0 Å². The van der Waals surface area contributed by atoms with E-state index in [1.165, 1.54) is 29.4 Å². The van der Waals surface area contributed by atoms with Gasteiger partial charge in [0.25, 0.3) is 0 Å². The van der Waals surface area contributed by atoms with Crippen LogP contribution in [0.4, 0.5) is 5.13 Å². The van der Waals surface area contributed by atoms with Crippen LogP contribution < -0.4 is 5.32 Å². The Kier molecular flexibility index (Phi) is 4.02. The van der Waals surface area contributed by atoms with Crippen molar-refractivity contribution in [2.24, 2.45) is 5.92 Å². The van der Waals surface area contributed by atoms with E-state index in [0.29, 0.717) is 22.0 Å². The molecule has 1 aliphatic carbocycles. The first kappa shape index (κ1) is 13.6. The number of rotatable bonds is 4. The average Bonchev–Trinajstić information content (AvgIpc) is 3.04. The number of H-pyrrole nitrogens is 1. The second-order valence-corrected chi connectivity index (χ2v) is 6.91. The number of carbonyl (C=O) groups is 1. The molecular formula is C12H15N5OS2. The lowest BCUT2D eigenvalue weighted by Gasteiger charge is -2.15. The molecule has 0 bridgehead atoms. The maximum atomic E-state index is 11.9. The van der Waals surface area contributed by atoms with Crippen LogP contribution in [-0.4, -0.2) is 31.8 Å². The van der Waals surface area contributed by atoms with Gasteiger partial charge in [-0.1, -0.05) is 18.7 Å². The summed E-state index contributed by atoms with van der Waals surface area (Å²) >= 11 is 2.93. The van der Waals surface area contributed by atoms with E-state index in [1.54, 1.807) is 11.3 Å². The van der Waals surface area contributed by atoms with Crippen LogP contribution in [0.5, 0.6) is 0 Å². The predicted octanol–water partition coefficient (Wildman–Crippen LogP) is 2.12. The molecule has 1 atom stereocenters. The molecule has 0 saturated carbocycles. The molecule has 2 aromatic rings. The summed E-state index contributed by atoms with van der Waals surface area (Å²) in [7, 11) is 0. The highest BCUT2D eigenvalue weighted by Crippen LogP contribution is 2.32. The van der Waals surface area contributed by atoms with Gasteiger partial charge in [-0.15, -0.1) is 11.3 Å². The molecule has 0 radical (unpaired) electrons. The molecule has 0 fully saturated rings. The van der Waals surface area contributed by atoms with Gasteiger partial charge in [-0.25, -0.2) is 9.97 Å².